The molecule has 0 unspecified atom stereocenters. The summed E-state index contributed by atoms with van der Waals surface area (Å²) in [5.74, 6) is 0. The maximum atomic E-state index is 3.60. The van der Waals surface area contributed by atoms with Crippen molar-refractivity contribution in [2.75, 3.05) is 13.1 Å². The van der Waals surface area contributed by atoms with Crippen molar-refractivity contribution < 1.29 is 0 Å². The molecule has 0 aliphatic rings. The summed E-state index contributed by atoms with van der Waals surface area (Å²) in [4.78, 5) is 0. The lowest BCUT2D eigenvalue weighted by Crippen LogP contribution is -2.35. The molecular weight excluding hydrogens is 170 g/mol. The van der Waals surface area contributed by atoms with Gasteiger partial charge >= 0.3 is 0 Å². The van der Waals surface area contributed by atoms with Crippen LogP contribution in [0.2, 0.25) is 0 Å². The molecule has 0 aromatic carbocycles. The maximum absolute atomic E-state index is 3.60. The van der Waals surface area contributed by atoms with Crippen molar-refractivity contribution in [3.8, 4) is 0 Å². The first-order valence-electron chi connectivity index (χ1n) is 6.04. The number of nitrogens with one attached hydrogen (secondary N) is 1. The van der Waals surface area contributed by atoms with E-state index in [4.69, 9.17) is 0 Å². The molecule has 0 radical (unpaired) electrons. The van der Waals surface area contributed by atoms with Crippen LogP contribution in [0.4, 0.5) is 0 Å². The third-order valence-corrected chi connectivity index (χ3v) is 3.09. The van der Waals surface area contributed by atoms with E-state index in [1.807, 2.05) is 0 Å². The second-order valence-electron chi connectivity index (χ2n) is 6.04. The van der Waals surface area contributed by atoms with E-state index in [1.165, 1.54) is 19.3 Å². The Hall–Kier alpha value is -0.0400. The summed E-state index contributed by atoms with van der Waals surface area (Å²) in [5, 5.41) is 3.60. The average Bonchev–Trinajstić information content (AvgIpc) is 2.03. The minimum Gasteiger partial charge on any atom is -0.316 e. The van der Waals surface area contributed by atoms with Crippen LogP contribution in [-0.2, 0) is 0 Å². The molecule has 0 saturated carbocycles. The van der Waals surface area contributed by atoms with E-state index in [0.717, 1.165) is 13.1 Å². The lowest BCUT2D eigenvalue weighted by atomic mass is 9.86. The first-order chi connectivity index (χ1) is 6.33. The first-order valence-corrected chi connectivity index (χ1v) is 6.04. The van der Waals surface area contributed by atoms with Crippen molar-refractivity contribution in [3.05, 3.63) is 0 Å². The fraction of sp³-hybridized carbons (Fsp3) is 1.00. The van der Waals surface area contributed by atoms with E-state index in [-0.39, 0.29) is 0 Å². The second-order valence-corrected chi connectivity index (χ2v) is 6.04. The molecule has 0 rings (SSSR count). The van der Waals surface area contributed by atoms with Crippen LogP contribution in [-0.4, -0.2) is 13.1 Å². The molecule has 0 heterocycles. The van der Waals surface area contributed by atoms with E-state index in [2.05, 4.69) is 46.9 Å². The van der Waals surface area contributed by atoms with Crippen molar-refractivity contribution >= 4 is 0 Å². The summed E-state index contributed by atoms with van der Waals surface area (Å²) in [6.07, 6.45) is 3.84. The van der Waals surface area contributed by atoms with Gasteiger partial charge in [-0.25, -0.2) is 0 Å². The topological polar surface area (TPSA) is 12.0 Å². The Labute approximate surface area is 90.7 Å². The molecule has 0 aliphatic carbocycles. The van der Waals surface area contributed by atoms with E-state index in [1.54, 1.807) is 0 Å². The summed E-state index contributed by atoms with van der Waals surface area (Å²) >= 11 is 0. The molecule has 0 atom stereocenters. The Kier molecular flexibility index (Phi) is 5.73. The zero-order valence-electron chi connectivity index (χ0n) is 11.0. The molecular formula is C13H29N. The molecule has 0 spiro atoms. The Morgan fingerprint density at radius 3 is 1.79 bits per heavy atom. The quantitative estimate of drug-likeness (QED) is 0.657. The van der Waals surface area contributed by atoms with Crippen LogP contribution in [0.3, 0.4) is 0 Å². The normalized spacial score (nSPS) is 13.3. The highest BCUT2D eigenvalue weighted by Gasteiger charge is 2.19. The smallest absolute Gasteiger partial charge is 0.000274 e. The summed E-state index contributed by atoms with van der Waals surface area (Å²) in [6, 6.07) is 0. The molecule has 0 amide bonds. The highest BCUT2D eigenvalue weighted by Crippen LogP contribution is 2.22. The molecule has 14 heavy (non-hydrogen) atoms. The maximum Gasteiger partial charge on any atom is 0.000274 e. The van der Waals surface area contributed by atoms with Gasteiger partial charge in [-0.1, -0.05) is 48.0 Å². The van der Waals surface area contributed by atoms with Gasteiger partial charge in [-0.2, -0.15) is 0 Å². The van der Waals surface area contributed by atoms with Crippen LogP contribution in [0, 0.1) is 10.8 Å². The Balaban J connectivity index is 3.73. The molecule has 1 N–H and O–H groups in total. The average molecular weight is 199 g/mol. The van der Waals surface area contributed by atoms with Gasteiger partial charge in [0, 0.05) is 13.1 Å². The van der Waals surface area contributed by atoms with Crippen molar-refractivity contribution in [3.63, 3.8) is 0 Å². The molecule has 0 aromatic rings. The van der Waals surface area contributed by atoms with E-state index >= 15 is 0 Å². The predicted octanol–water partition coefficient (Wildman–Crippen LogP) is 3.84. The van der Waals surface area contributed by atoms with Gasteiger partial charge in [-0.05, 0) is 23.7 Å². The lowest BCUT2D eigenvalue weighted by Gasteiger charge is -2.28. The fourth-order valence-electron chi connectivity index (χ4n) is 1.63. The van der Waals surface area contributed by atoms with Gasteiger partial charge in [0.25, 0.3) is 0 Å². The Bertz CT molecular complexity index is 147. The molecule has 1 heteroatoms. The van der Waals surface area contributed by atoms with E-state index in [0.29, 0.717) is 10.8 Å². The summed E-state index contributed by atoms with van der Waals surface area (Å²) in [5.41, 5.74) is 0.904. The minimum atomic E-state index is 0.447. The number of hydrogen-bond donors (Lipinski definition) is 1. The molecule has 1 nitrogen and oxygen atoms in total. The number of hydrogen-bond acceptors (Lipinski definition) is 1. The zero-order chi connectivity index (χ0) is 11.2. The Morgan fingerprint density at radius 2 is 1.36 bits per heavy atom. The summed E-state index contributed by atoms with van der Waals surface area (Å²) < 4.78 is 0. The molecule has 0 bridgehead atoms. The van der Waals surface area contributed by atoms with Gasteiger partial charge in [0.05, 0.1) is 0 Å². The van der Waals surface area contributed by atoms with Crippen molar-refractivity contribution in [1.29, 1.82) is 0 Å². The standard InChI is InChI=1S/C13H29N/c1-7-9-13(5,6)11-14-10-12(3,4)8-2/h14H,7-11H2,1-6H3. The van der Waals surface area contributed by atoms with Crippen LogP contribution in [0.15, 0.2) is 0 Å². The predicted molar refractivity (Wildman–Crippen MR) is 65.6 cm³/mol. The van der Waals surface area contributed by atoms with Crippen molar-refractivity contribution in [1.82, 2.24) is 5.32 Å². The van der Waals surface area contributed by atoms with Gasteiger partial charge in [0.1, 0.15) is 0 Å². The van der Waals surface area contributed by atoms with Gasteiger partial charge < -0.3 is 5.32 Å². The third kappa shape index (κ3) is 6.42. The lowest BCUT2D eigenvalue weighted by molar-refractivity contribution is 0.267. The minimum absolute atomic E-state index is 0.447. The van der Waals surface area contributed by atoms with Gasteiger partial charge in [-0.3, -0.25) is 0 Å². The Morgan fingerprint density at radius 1 is 0.857 bits per heavy atom. The SMILES string of the molecule is CCCC(C)(C)CNCC(C)(C)CC. The van der Waals surface area contributed by atoms with Gasteiger partial charge in [0.2, 0.25) is 0 Å². The molecule has 0 aliphatic heterocycles. The highest BCUT2D eigenvalue weighted by atomic mass is 14.9. The first kappa shape index (κ1) is 14.0. The largest absolute Gasteiger partial charge is 0.316 e. The van der Waals surface area contributed by atoms with E-state index in [9.17, 15) is 0 Å². The molecule has 86 valence electrons. The summed E-state index contributed by atoms with van der Waals surface area (Å²) in [6.45, 7) is 16.2. The number of rotatable bonds is 7. The molecule has 0 fully saturated rings. The molecule has 0 saturated heterocycles. The third-order valence-electron chi connectivity index (χ3n) is 3.09. The highest BCUT2D eigenvalue weighted by molar-refractivity contribution is 4.75. The van der Waals surface area contributed by atoms with Crippen LogP contribution < -0.4 is 5.32 Å². The molecule has 0 aromatic heterocycles. The van der Waals surface area contributed by atoms with Crippen molar-refractivity contribution in [2.24, 2.45) is 10.8 Å². The van der Waals surface area contributed by atoms with Crippen LogP contribution >= 0.6 is 0 Å². The summed E-state index contributed by atoms with van der Waals surface area (Å²) in [7, 11) is 0. The van der Waals surface area contributed by atoms with Crippen LogP contribution in [0.5, 0.6) is 0 Å². The van der Waals surface area contributed by atoms with Crippen LogP contribution in [0.1, 0.15) is 60.8 Å². The fourth-order valence-corrected chi connectivity index (χ4v) is 1.63. The zero-order valence-corrected chi connectivity index (χ0v) is 11.0. The second kappa shape index (κ2) is 5.75. The van der Waals surface area contributed by atoms with Crippen molar-refractivity contribution in [2.45, 2.75) is 60.8 Å². The monoisotopic (exact) mass is 199 g/mol. The van der Waals surface area contributed by atoms with E-state index < -0.39 is 0 Å². The van der Waals surface area contributed by atoms with Crippen LogP contribution in [0.25, 0.3) is 0 Å². The van der Waals surface area contributed by atoms with Gasteiger partial charge in [-0.15, -0.1) is 0 Å². The van der Waals surface area contributed by atoms with Gasteiger partial charge in [0.15, 0.2) is 0 Å².